The van der Waals surface area contributed by atoms with Crippen LogP contribution in [0.3, 0.4) is 0 Å². The fourth-order valence-corrected chi connectivity index (χ4v) is 4.72. The molecule has 0 aliphatic rings. The molecule has 3 aromatic rings. The number of aromatic nitrogens is 2. The summed E-state index contributed by atoms with van der Waals surface area (Å²) in [6.45, 7) is 6.47. The Labute approximate surface area is 157 Å². The van der Waals surface area contributed by atoms with E-state index in [-0.39, 0.29) is 22.1 Å². The fourth-order valence-electron chi connectivity index (χ4n) is 2.39. The van der Waals surface area contributed by atoms with Gasteiger partial charge in [0.25, 0.3) is 10.0 Å². The summed E-state index contributed by atoms with van der Waals surface area (Å²) in [5.41, 5.74) is 2.11. The van der Waals surface area contributed by atoms with Gasteiger partial charge >= 0.3 is 0 Å². The second-order valence-corrected chi connectivity index (χ2v) is 10.3. The van der Waals surface area contributed by atoms with Crippen molar-refractivity contribution in [1.82, 2.24) is 14.4 Å². The van der Waals surface area contributed by atoms with Crippen LogP contribution in [0.25, 0.3) is 11.4 Å². The van der Waals surface area contributed by atoms with Gasteiger partial charge < -0.3 is 4.52 Å². The van der Waals surface area contributed by atoms with Gasteiger partial charge in [0.1, 0.15) is 4.21 Å². The van der Waals surface area contributed by atoms with Crippen LogP contribution in [0.4, 0.5) is 0 Å². The Morgan fingerprint density at radius 2 is 1.85 bits per heavy atom. The predicted molar refractivity (Wildman–Crippen MR) is 101 cm³/mol. The number of thiophene rings is 1. The SMILES string of the molecule is CN(Cc1nc(-c2ccc(C(C)(C)C)cc2)no1)S(=O)(=O)c1cccs1. The molecule has 3 rings (SSSR count). The summed E-state index contributed by atoms with van der Waals surface area (Å²) in [6.07, 6.45) is 0. The quantitative estimate of drug-likeness (QED) is 0.659. The molecule has 0 aliphatic carbocycles. The van der Waals surface area contributed by atoms with Crippen molar-refractivity contribution in [2.24, 2.45) is 0 Å². The van der Waals surface area contributed by atoms with Crippen molar-refractivity contribution in [2.75, 3.05) is 7.05 Å². The Bertz CT molecular complexity index is 970. The molecule has 2 heterocycles. The maximum Gasteiger partial charge on any atom is 0.252 e. The maximum atomic E-state index is 12.5. The molecule has 138 valence electrons. The van der Waals surface area contributed by atoms with Gasteiger partial charge in [-0.2, -0.15) is 9.29 Å². The average molecular weight is 392 g/mol. The van der Waals surface area contributed by atoms with E-state index < -0.39 is 10.0 Å². The Kier molecular flexibility index (Phi) is 5.01. The molecule has 0 aliphatic heterocycles. The molecule has 0 unspecified atom stereocenters. The van der Waals surface area contributed by atoms with Crippen LogP contribution >= 0.6 is 11.3 Å². The molecule has 0 amide bonds. The van der Waals surface area contributed by atoms with Gasteiger partial charge in [-0.3, -0.25) is 0 Å². The Balaban J connectivity index is 1.76. The van der Waals surface area contributed by atoms with Gasteiger partial charge in [0.05, 0.1) is 6.54 Å². The van der Waals surface area contributed by atoms with Crippen molar-refractivity contribution in [3.8, 4) is 11.4 Å². The lowest BCUT2D eigenvalue weighted by atomic mass is 9.87. The van der Waals surface area contributed by atoms with E-state index in [1.807, 2.05) is 24.3 Å². The molecule has 0 saturated carbocycles. The largest absolute Gasteiger partial charge is 0.338 e. The van der Waals surface area contributed by atoms with Crippen LogP contribution in [0.15, 0.2) is 50.5 Å². The first-order chi connectivity index (χ1) is 12.2. The van der Waals surface area contributed by atoms with Gasteiger partial charge in [-0.25, -0.2) is 8.42 Å². The fraction of sp³-hybridized carbons (Fsp3) is 0.333. The number of sulfonamides is 1. The lowest BCUT2D eigenvalue weighted by Gasteiger charge is -2.18. The maximum absolute atomic E-state index is 12.5. The minimum absolute atomic E-state index is 0.0211. The summed E-state index contributed by atoms with van der Waals surface area (Å²) >= 11 is 1.18. The number of benzene rings is 1. The zero-order valence-corrected chi connectivity index (χ0v) is 16.8. The molecule has 0 spiro atoms. The second-order valence-electron chi connectivity index (χ2n) is 7.03. The minimum Gasteiger partial charge on any atom is -0.338 e. The molecule has 1 aromatic carbocycles. The van der Waals surface area contributed by atoms with E-state index in [0.29, 0.717) is 5.82 Å². The molecule has 0 N–H and O–H groups in total. The van der Waals surface area contributed by atoms with Crippen molar-refractivity contribution in [3.05, 3.63) is 53.2 Å². The summed E-state index contributed by atoms with van der Waals surface area (Å²) < 4.78 is 31.6. The van der Waals surface area contributed by atoms with Gasteiger partial charge in [-0.05, 0) is 22.4 Å². The Hall–Kier alpha value is -2.03. The van der Waals surface area contributed by atoms with E-state index in [4.69, 9.17) is 4.52 Å². The summed E-state index contributed by atoms with van der Waals surface area (Å²) in [6, 6.07) is 11.3. The average Bonchev–Trinajstić information content (AvgIpc) is 3.26. The third kappa shape index (κ3) is 3.87. The topological polar surface area (TPSA) is 76.3 Å². The van der Waals surface area contributed by atoms with Crippen LogP contribution in [0.5, 0.6) is 0 Å². The van der Waals surface area contributed by atoms with Gasteiger partial charge in [-0.1, -0.05) is 56.3 Å². The van der Waals surface area contributed by atoms with Gasteiger partial charge in [0.15, 0.2) is 0 Å². The van der Waals surface area contributed by atoms with Crippen LogP contribution in [0.1, 0.15) is 32.2 Å². The molecular formula is C18H21N3O3S2. The molecule has 2 aromatic heterocycles. The first-order valence-electron chi connectivity index (χ1n) is 8.11. The van der Waals surface area contributed by atoms with E-state index in [9.17, 15) is 8.42 Å². The molecule has 8 heteroatoms. The number of nitrogens with zero attached hydrogens (tertiary/aromatic N) is 3. The zero-order valence-electron chi connectivity index (χ0n) is 15.1. The summed E-state index contributed by atoms with van der Waals surface area (Å²) in [5, 5.41) is 5.70. The van der Waals surface area contributed by atoms with Crippen molar-refractivity contribution in [3.63, 3.8) is 0 Å². The van der Waals surface area contributed by atoms with E-state index >= 15 is 0 Å². The predicted octanol–water partition coefficient (Wildman–Crippen LogP) is 3.92. The molecule has 0 bridgehead atoms. The summed E-state index contributed by atoms with van der Waals surface area (Å²) in [7, 11) is -2.05. The van der Waals surface area contributed by atoms with E-state index in [1.165, 1.54) is 28.3 Å². The number of hydrogen-bond acceptors (Lipinski definition) is 6. The zero-order chi connectivity index (χ0) is 18.9. The van der Waals surface area contributed by atoms with Gasteiger partial charge in [0, 0.05) is 12.6 Å². The van der Waals surface area contributed by atoms with Crippen molar-refractivity contribution in [1.29, 1.82) is 0 Å². The normalized spacial score (nSPS) is 12.7. The third-order valence-corrected chi connectivity index (χ3v) is 7.17. The van der Waals surface area contributed by atoms with Gasteiger partial charge in [0.2, 0.25) is 11.7 Å². The molecule has 6 nitrogen and oxygen atoms in total. The smallest absolute Gasteiger partial charge is 0.252 e. The molecule has 0 saturated heterocycles. The number of hydrogen-bond donors (Lipinski definition) is 0. The summed E-state index contributed by atoms with van der Waals surface area (Å²) in [5.74, 6) is 0.699. The highest BCUT2D eigenvalue weighted by molar-refractivity contribution is 7.91. The highest BCUT2D eigenvalue weighted by Gasteiger charge is 2.24. The van der Waals surface area contributed by atoms with Crippen LogP contribution in [0.2, 0.25) is 0 Å². The Morgan fingerprint density at radius 1 is 1.15 bits per heavy atom. The highest BCUT2D eigenvalue weighted by atomic mass is 32.2. The summed E-state index contributed by atoms with van der Waals surface area (Å²) in [4.78, 5) is 4.33. The lowest BCUT2D eigenvalue weighted by molar-refractivity contribution is 0.337. The third-order valence-electron chi connectivity index (χ3n) is 3.99. The standard InChI is InChI=1S/C18H21N3O3S2/c1-18(2,3)14-9-7-13(8-10-14)17-19-15(24-20-17)12-21(4)26(22,23)16-6-5-11-25-16/h5-11H,12H2,1-4H3. The molecule has 0 fully saturated rings. The van der Waals surface area contributed by atoms with Crippen molar-refractivity contribution < 1.29 is 12.9 Å². The van der Waals surface area contributed by atoms with Gasteiger partial charge in [-0.15, -0.1) is 11.3 Å². The van der Waals surface area contributed by atoms with Crippen molar-refractivity contribution in [2.45, 2.75) is 36.9 Å². The molecule has 26 heavy (non-hydrogen) atoms. The van der Waals surface area contributed by atoms with E-state index in [0.717, 1.165) is 5.56 Å². The molecule has 0 atom stereocenters. The molecule has 0 radical (unpaired) electrons. The Morgan fingerprint density at radius 3 is 2.42 bits per heavy atom. The van der Waals surface area contributed by atoms with E-state index in [1.54, 1.807) is 17.5 Å². The lowest BCUT2D eigenvalue weighted by Crippen LogP contribution is -2.25. The van der Waals surface area contributed by atoms with Crippen LogP contribution in [-0.4, -0.2) is 29.9 Å². The number of rotatable bonds is 5. The highest BCUT2D eigenvalue weighted by Crippen LogP contribution is 2.25. The molecular weight excluding hydrogens is 370 g/mol. The first-order valence-corrected chi connectivity index (χ1v) is 10.4. The first kappa shape index (κ1) is 18.8. The van der Waals surface area contributed by atoms with Crippen molar-refractivity contribution >= 4 is 21.4 Å². The monoisotopic (exact) mass is 391 g/mol. The van der Waals surface area contributed by atoms with E-state index in [2.05, 4.69) is 30.9 Å². The minimum atomic E-state index is -3.55. The van der Waals surface area contributed by atoms with Crippen LogP contribution in [-0.2, 0) is 22.0 Å². The van der Waals surface area contributed by atoms with Crippen LogP contribution in [0, 0.1) is 0 Å². The van der Waals surface area contributed by atoms with Crippen LogP contribution < -0.4 is 0 Å². The second kappa shape index (κ2) is 6.94.